The standard InChI is InChI=1S/C26H30N6O5/c1-16-7-13-20(36-16)23(25(34)27-26(3,4)5)32(18-9-11-19(35-6)12-10-18)22(33)15-31-29-24(28-30-31)21-14-8-17(2)37-21/h7-14,23H,15H2,1-6H3,(H,27,34)/t23-/m0/s1. The summed E-state index contributed by atoms with van der Waals surface area (Å²) < 4.78 is 16.7. The molecule has 3 aromatic heterocycles. The second-order valence-electron chi connectivity index (χ2n) is 9.61. The van der Waals surface area contributed by atoms with E-state index < -0.39 is 23.4 Å². The van der Waals surface area contributed by atoms with Crippen molar-refractivity contribution in [1.29, 1.82) is 0 Å². The number of nitrogens with one attached hydrogen (secondary N) is 1. The molecule has 1 atom stereocenters. The highest BCUT2D eigenvalue weighted by molar-refractivity contribution is 6.01. The lowest BCUT2D eigenvalue weighted by atomic mass is 10.1. The van der Waals surface area contributed by atoms with Gasteiger partial charge in [-0.15, -0.1) is 10.2 Å². The second-order valence-corrected chi connectivity index (χ2v) is 9.61. The molecule has 4 rings (SSSR count). The van der Waals surface area contributed by atoms with Crippen LogP contribution in [0, 0.1) is 13.8 Å². The fourth-order valence-corrected chi connectivity index (χ4v) is 3.75. The molecule has 0 saturated carbocycles. The van der Waals surface area contributed by atoms with Gasteiger partial charge in [-0.05, 0) is 88.4 Å². The number of amides is 2. The van der Waals surface area contributed by atoms with E-state index in [1.807, 2.05) is 27.7 Å². The summed E-state index contributed by atoms with van der Waals surface area (Å²) in [5, 5.41) is 15.3. The molecule has 3 heterocycles. The molecule has 0 bridgehead atoms. The van der Waals surface area contributed by atoms with Crippen molar-refractivity contribution in [1.82, 2.24) is 25.5 Å². The number of nitrogens with zero attached hydrogens (tertiary/aromatic N) is 5. The first kappa shape index (κ1) is 25.7. The molecule has 2 amide bonds. The Balaban J connectivity index is 1.73. The molecule has 0 radical (unpaired) electrons. The molecule has 4 aromatic rings. The fourth-order valence-electron chi connectivity index (χ4n) is 3.75. The van der Waals surface area contributed by atoms with Gasteiger partial charge in [-0.25, -0.2) is 0 Å². The van der Waals surface area contributed by atoms with Crippen molar-refractivity contribution < 1.29 is 23.2 Å². The Labute approximate surface area is 214 Å². The molecule has 11 nitrogen and oxygen atoms in total. The smallest absolute Gasteiger partial charge is 0.251 e. The van der Waals surface area contributed by atoms with Crippen molar-refractivity contribution in [3.63, 3.8) is 0 Å². The Bertz CT molecular complexity index is 1380. The van der Waals surface area contributed by atoms with Crippen LogP contribution in [0.5, 0.6) is 5.75 Å². The van der Waals surface area contributed by atoms with Crippen LogP contribution in [0.3, 0.4) is 0 Å². The fraction of sp³-hybridized carbons (Fsp3) is 0.346. The van der Waals surface area contributed by atoms with Crippen LogP contribution in [-0.4, -0.2) is 44.7 Å². The summed E-state index contributed by atoms with van der Waals surface area (Å²) in [4.78, 5) is 30.0. The minimum atomic E-state index is -1.09. The topological polar surface area (TPSA) is 129 Å². The highest BCUT2D eigenvalue weighted by Gasteiger charge is 2.37. The van der Waals surface area contributed by atoms with Crippen LogP contribution in [0.1, 0.15) is 44.1 Å². The largest absolute Gasteiger partial charge is 0.497 e. The van der Waals surface area contributed by atoms with Gasteiger partial charge in [-0.1, -0.05) is 0 Å². The highest BCUT2D eigenvalue weighted by atomic mass is 16.5. The molecule has 0 fully saturated rings. The Morgan fingerprint density at radius 1 is 1.03 bits per heavy atom. The van der Waals surface area contributed by atoms with Crippen molar-refractivity contribution in [2.24, 2.45) is 0 Å². The maximum Gasteiger partial charge on any atom is 0.251 e. The molecule has 0 aliphatic heterocycles. The van der Waals surface area contributed by atoms with E-state index in [2.05, 4.69) is 20.7 Å². The number of aryl methyl sites for hydroxylation is 2. The van der Waals surface area contributed by atoms with Gasteiger partial charge in [0.25, 0.3) is 11.8 Å². The van der Waals surface area contributed by atoms with E-state index in [1.54, 1.807) is 62.6 Å². The average Bonchev–Trinajstić information content (AvgIpc) is 3.57. The number of methoxy groups -OCH3 is 1. The third-order valence-electron chi connectivity index (χ3n) is 5.34. The molecule has 1 aromatic carbocycles. The number of rotatable bonds is 8. The molecule has 0 unspecified atom stereocenters. The third kappa shape index (κ3) is 6.05. The van der Waals surface area contributed by atoms with Crippen molar-refractivity contribution in [2.75, 3.05) is 12.0 Å². The van der Waals surface area contributed by atoms with Gasteiger partial charge in [0.05, 0.1) is 7.11 Å². The zero-order valence-corrected chi connectivity index (χ0v) is 21.7. The SMILES string of the molecule is COc1ccc(N(C(=O)Cn2nnc(-c3ccc(C)o3)n2)[C@H](C(=O)NC(C)(C)C)c2ccc(C)o2)cc1. The van der Waals surface area contributed by atoms with E-state index in [0.717, 1.165) is 4.80 Å². The lowest BCUT2D eigenvalue weighted by molar-refractivity contribution is -0.128. The summed E-state index contributed by atoms with van der Waals surface area (Å²) >= 11 is 0. The number of carbonyl (C=O) groups is 2. The van der Waals surface area contributed by atoms with Gasteiger partial charge < -0.3 is 18.9 Å². The van der Waals surface area contributed by atoms with Crippen LogP contribution in [0.25, 0.3) is 11.6 Å². The zero-order chi connectivity index (χ0) is 26.7. The first-order valence-corrected chi connectivity index (χ1v) is 11.7. The van der Waals surface area contributed by atoms with Crippen molar-refractivity contribution in [2.45, 2.75) is 52.7 Å². The van der Waals surface area contributed by atoms with E-state index >= 15 is 0 Å². The monoisotopic (exact) mass is 506 g/mol. The third-order valence-corrected chi connectivity index (χ3v) is 5.34. The van der Waals surface area contributed by atoms with Gasteiger partial charge in [0, 0.05) is 11.2 Å². The molecule has 0 saturated heterocycles. The molecule has 1 N–H and O–H groups in total. The van der Waals surface area contributed by atoms with Crippen molar-refractivity contribution in [3.05, 3.63) is 65.8 Å². The summed E-state index contributed by atoms with van der Waals surface area (Å²) in [6.45, 7) is 8.91. The minimum Gasteiger partial charge on any atom is -0.497 e. The first-order valence-electron chi connectivity index (χ1n) is 11.7. The first-order chi connectivity index (χ1) is 17.5. The number of tetrazole rings is 1. The Hall–Kier alpha value is -4.41. The number of ether oxygens (including phenoxy) is 1. The summed E-state index contributed by atoms with van der Waals surface area (Å²) in [7, 11) is 1.55. The van der Waals surface area contributed by atoms with Crippen LogP contribution in [-0.2, 0) is 16.1 Å². The molecule has 0 aliphatic carbocycles. The number of hydrogen-bond donors (Lipinski definition) is 1. The quantitative estimate of drug-likeness (QED) is 0.382. The maximum absolute atomic E-state index is 13.8. The second kappa shape index (κ2) is 10.3. The van der Waals surface area contributed by atoms with Gasteiger partial charge in [0.1, 0.15) is 29.6 Å². The number of carbonyl (C=O) groups excluding carboxylic acids is 2. The van der Waals surface area contributed by atoms with E-state index in [-0.39, 0.29) is 12.4 Å². The Morgan fingerprint density at radius 2 is 1.70 bits per heavy atom. The van der Waals surface area contributed by atoms with Gasteiger partial charge >= 0.3 is 0 Å². The Morgan fingerprint density at radius 3 is 2.27 bits per heavy atom. The molecule has 0 aliphatic rings. The van der Waals surface area contributed by atoms with Gasteiger partial charge in [-0.3, -0.25) is 14.5 Å². The van der Waals surface area contributed by atoms with Gasteiger partial charge in [0.2, 0.25) is 5.82 Å². The molecule has 37 heavy (non-hydrogen) atoms. The summed E-state index contributed by atoms with van der Waals surface area (Å²) in [5.41, 5.74) is -0.0781. The summed E-state index contributed by atoms with van der Waals surface area (Å²) in [6.07, 6.45) is 0. The molecular formula is C26H30N6O5. The van der Waals surface area contributed by atoms with E-state index in [0.29, 0.717) is 34.5 Å². The number of hydrogen-bond acceptors (Lipinski definition) is 8. The lowest BCUT2D eigenvalue weighted by Gasteiger charge is -2.32. The highest BCUT2D eigenvalue weighted by Crippen LogP contribution is 2.31. The number of furan rings is 2. The molecule has 11 heteroatoms. The molecule has 0 spiro atoms. The van der Waals surface area contributed by atoms with Crippen LogP contribution >= 0.6 is 0 Å². The van der Waals surface area contributed by atoms with Crippen LogP contribution in [0.15, 0.2) is 57.4 Å². The zero-order valence-electron chi connectivity index (χ0n) is 21.7. The molecular weight excluding hydrogens is 476 g/mol. The van der Waals surface area contributed by atoms with Crippen LogP contribution in [0.2, 0.25) is 0 Å². The van der Waals surface area contributed by atoms with E-state index in [9.17, 15) is 9.59 Å². The minimum absolute atomic E-state index is 0.251. The number of aromatic nitrogens is 4. The normalized spacial score (nSPS) is 12.3. The number of benzene rings is 1. The Kier molecular flexibility index (Phi) is 7.14. The van der Waals surface area contributed by atoms with Crippen molar-refractivity contribution >= 4 is 17.5 Å². The van der Waals surface area contributed by atoms with Crippen molar-refractivity contribution in [3.8, 4) is 17.3 Å². The van der Waals surface area contributed by atoms with Crippen LogP contribution < -0.4 is 15.0 Å². The van der Waals surface area contributed by atoms with Gasteiger partial charge in [-0.2, -0.15) is 4.80 Å². The predicted molar refractivity (Wildman–Crippen MR) is 135 cm³/mol. The maximum atomic E-state index is 13.8. The summed E-state index contributed by atoms with van der Waals surface area (Å²) in [6, 6.07) is 12.7. The predicted octanol–water partition coefficient (Wildman–Crippen LogP) is 3.84. The lowest BCUT2D eigenvalue weighted by Crippen LogP contribution is -2.50. The molecule has 194 valence electrons. The van der Waals surface area contributed by atoms with Crippen LogP contribution in [0.4, 0.5) is 5.69 Å². The van der Waals surface area contributed by atoms with E-state index in [4.69, 9.17) is 13.6 Å². The summed E-state index contributed by atoms with van der Waals surface area (Å²) in [5.74, 6) is 2.09. The average molecular weight is 507 g/mol. The number of anilines is 1. The van der Waals surface area contributed by atoms with E-state index in [1.165, 1.54) is 4.90 Å². The van der Waals surface area contributed by atoms with Gasteiger partial charge in [0.15, 0.2) is 11.8 Å².